The fourth-order valence-corrected chi connectivity index (χ4v) is 4.33. The molecular formula is C22H24FN7O. The van der Waals surface area contributed by atoms with Gasteiger partial charge in [0.25, 0.3) is 5.91 Å². The van der Waals surface area contributed by atoms with Crippen LogP contribution in [0, 0.1) is 12.7 Å². The molecule has 160 valence electrons. The molecule has 1 saturated heterocycles. The number of carbonyl (C=O) groups excluding carboxylic acids is 1. The molecule has 3 aromatic heterocycles. The molecule has 0 aliphatic carbocycles. The number of imidazole rings is 1. The molecule has 4 heterocycles. The number of anilines is 2. The maximum absolute atomic E-state index is 14.4. The first-order chi connectivity index (χ1) is 14.9. The van der Waals surface area contributed by atoms with Crippen LogP contribution < -0.4 is 15.5 Å². The number of nitrogens with zero attached hydrogens (tertiary/aromatic N) is 5. The van der Waals surface area contributed by atoms with Crippen LogP contribution in [0.3, 0.4) is 0 Å². The third-order valence-corrected chi connectivity index (χ3v) is 5.83. The average molecular weight is 421 g/mol. The summed E-state index contributed by atoms with van der Waals surface area (Å²) in [6.45, 7) is 3.66. The Hall–Kier alpha value is -3.46. The molecule has 0 saturated carbocycles. The second kappa shape index (κ2) is 7.35. The molecule has 2 N–H and O–H groups in total. The van der Waals surface area contributed by atoms with Gasteiger partial charge in [-0.3, -0.25) is 9.48 Å². The van der Waals surface area contributed by atoms with E-state index in [4.69, 9.17) is 0 Å². The molecule has 1 unspecified atom stereocenters. The summed E-state index contributed by atoms with van der Waals surface area (Å²) < 4.78 is 17.7. The molecule has 1 aliphatic heterocycles. The van der Waals surface area contributed by atoms with E-state index < -0.39 is 5.82 Å². The van der Waals surface area contributed by atoms with Gasteiger partial charge in [-0.2, -0.15) is 5.10 Å². The van der Waals surface area contributed by atoms with Crippen LogP contribution in [0.4, 0.5) is 15.8 Å². The Morgan fingerprint density at radius 3 is 2.87 bits per heavy atom. The lowest BCUT2D eigenvalue weighted by Gasteiger charge is -2.20. The molecule has 1 aliphatic rings. The van der Waals surface area contributed by atoms with E-state index in [1.54, 1.807) is 34.5 Å². The third-order valence-electron chi connectivity index (χ3n) is 5.83. The van der Waals surface area contributed by atoms with E-state index in [1.165, 1.54) is 6.07 Å². The van der Waals surface area contributed by atoms with E-state index in [1.807, 2.05) is 26.4 Å². The van der Waals surface area contributed by atoms with Gasteiger partial charge in [0.15, 0.2) is 11.5 Å². The lowest BCUT2D eigenvalue weighted by Crippen LogP contribution is -2.29. The highest BCUT2D eigenvalue weighted by Gasteiger charge is 2.25. The molecule has 4 aromatic rings. The number of halogens is 1. The van der Waals surface area contributed by atoms with Gasteiger partial charge < -0.3 is 19.9 Å². The molecule has 1 aromatic carbocycles. The van der Waals surface area contributed by atoms with Crippen molar-refractivity contribution >= 4 is 33.8 Å². The van der Waals surface area contributed by atoms with Crippen molar-refractivity contribution in [2.24, 2.45) is 7.05 Å². The van der Waals surface area contributed by atoms with Gasteiger partial charge in [-0.25, -0.2) is 9.37 Å². The first kappa shape index (κ1) is 19.5. The standard InChI is InChI=1S/C22H24FN7O/c1-13-9-30-11-15(8-18(23)21(30)25-13)26-22(31)16-4-5-19(17-12-28(3)27-20(16)17)29-7-6-14(10-29)24-2/h4-5,8-9,11-12,14,24H,6-7,10H2,1-3H3,(H,26,31). The number of carbonyl (C=O) groups is 1. The van der Waals surface area contributed by atoms with Gasteiger partial charge in [-0.15, -0.1) is 0 Å². The van der Waals surface area contributed by atoms with E-state index in [9.17, 15) is 9.18 Å². The summed E-state index contributed by atoms with van der Waals surface area (Å²) in [5.41, 5.74) is 3.44. The number of aromatic nitrogens is 4. The number of rotatable bonds is 4. The predicted molar refractivity (Wildman–Crippen MR) is 118 cm³/mol. The number of pyridine rings is 1. The number of hydrogen-bond donors (Lipinski definition) is 2. The second-order valence-corrected chi connectivity index (χ2v) is 8.06. The summed E-state index contributed by atoms with van der Waals surface area (Å²) in [6.07, 6.45) is 6.38. The lowest BCUT2D eigenvalue weighted by atomic mass is 10.1. The molecule has 1 fully saturated rings. The fourth-order valence-electron chi connectivity index (χ4n) is 4.33. The van der Waals surface area contributed by atoms with Gasteiger partial charge in [-0.1, -0.05) is 0 Å². The minimum Gasteiger partial charge on any atom is -0.369 e. The highest BCUT2D eigenvalue weighted by atomic mass is 19.1. The highest BCUT2D eigenvalue weighted by Crippen LogP contribution is 2.31. The number of nitrogens with one attached hydrogen (secondary N) is 2. The lowest BCUT2D eigenvalue weighted by molar-refractivity contribution is 0.102. The van der Waals surface area contributed by atoms with Crippen LogP contribution in [0.1, 0.15) is 22.5 Å². The predicted octanol–water partition coefficient (Wildman–Crippen LogP) is 2.72. The number of benzene rings is 1. The van der Waals surface area contributed by atoms with Crippen LogP contribution in [0.5, 0.6) is 0 Å². The SMILES string of the molecule is CNC1CCN(c2ccc(C(=O)Nc3cc(F)c4nc(C)cn4c3)c3nn(C)cc23)C1. The van der Waals surface area contributed by atoms with E-state index in [0.717, 1.165) is 30.6 Å². The molecule has 8 nitrogen and oxygen atoms in total. The number of aryl methyl sites for hydroxylation is 2. The summed E-state index contributed by atoms with van der Waals surface area (Å²) in [4.78, 5) is 19.6. The van der Waals surface area contributed by atoms with Crippen LogP contribution in [0.25, 0.3) is 16.6 Å². The quantitative estimate of drug-likeness (QED) is 0.530. The number of amides is 1. The summed E-state index contributed by atoms with van der Waals surface area (Å²) in [7, 11) is 3.82. The van der Waals surface area contributed by atoms with E-state index in [-0.39, 0.29) is 11.6 Å². The molecule has 0 spiro atoms. The number of hydrogen-bond acceptors (Lipinski definition) is 5. The van der Waals surface area contributed by atoms with Gasteiger partial charge in [-0.05, 0) is 32.5 Å². The zero-order valence-corrected chi connectivity index (χ0v) is 17.7. The molecule has 0 bridgehead atoms. The van der Waals surface area contributed by atoms with Crippen molar-refractivity contribution in [1.29, 1.82) is 0 Å². The molecule has 1 atom stereocenters. The van der Waals surface area contributed by atoms with Gasteiger partial charge >= 0.3 is 0 Å². The summed E-state index contributed by atoms with van der Waals surface area (Å²) >= 11 is 0. The molecule has 9 heteroatoms. The summed E-state index contributed by atoms with van der Waals surface area (Å²) in [6, 6.07) is 5.50. The Bertz CT molecular complexity index is 1310. The summed E-state index contributed by atoms with van der Waals surface area (Å²) in [5.74, 6) is -0.822. The van der Waals surface area contributed by atoms with Crippen molar-refractivity contribution in [1.82, 2.24) is 24.5 Å². The van der Waals surface area contributed by atoms with Crippen LogP contribution in [-0.2, 0) is 7.05 Å². The van der Waals surface area contributed by atoms with Gasteiger partial charge in [0, 0.05) is 61.9 Å². The molecule has 5 rings (SSSR count). The molecular weight excluding hydrogens is 397 g/mol. The van der Waals surface area contributed by atoms with Gasteiger partial charge in [0.1, 0.15) is 5.52 Å². The van der Waals surface area contributed by atoms with E-state index >= 15 is 0 Å². The van der Waals surface area contributed by atoms with Crippen molar-refractivity contribution in [3.8, 4) is 0 Å². The monoisotopic (exact) mass is 421 g/mol. The number of likely N-dealkylation sites (N-methyl/N-ethyl adjacent to an activating group) is 1. The minimum atomic E-state index is -0.489. The average Bonchev–Trinajstić information content (AvgIpc) is 3.44. The Kier molecular flexibility index (Phi) is 4.62. The van der Waals surface area contributed by atoms with Crippen molar-refractivity contribution in [2.45, 2.75) is 19.4 Å². The van der Waals surface area contributed by atoms with Gasteiger partial charge in [0.05, 0.1) is 16.9 Å². The Morgan fingerprint density at radius 1 is 1.26 bits per heavy atom. The first-order valence-electron chi connectivity index (χ1n) is 10.3. The molecule has 31 heavy (non-hydrogen) atoms. The Labute approximate surface area is 178 Å². The van der Waals surface area contributed by atoms with Crippen molar-refractivity contribution in [2.75, 3.05) is 30.4 Å². The topological polar surface area (TPSA) is 79.5 Å². The minimum absolute atomic E-state index is 0.234. The fraction of sp³-hybridized carbons (Fsp3) is 0.318. The Balaban J connectivity index is 1.49. The zero-order valence-electron chi connectivity index (χ0n) is 17.7. The summed E-state index contributed by atoms with van der Waals surface area (Å²) in [5, 5.41) is 11.6. The van der Waals surface area contributed by atoms with E-state index in [0.29, 0.717) is 28.5 Å². The maximum atomic E-state index is 14.4. The van der Waals surface area contributed by atoms with Crippen molar-refractivity contribution in [3.63, 3.8) is 0 Å². The normalized spacial score (nSPS) is 16.5. The van der Waals surface area contributed by atoms with Crippen LogP contribution >= 0.6 is 0 Å². The largest absolute Gasteiger partial charge is 0.369 e. The first-order valence-corrected chi connectivity index (χ1v) is 10.3. The maximum Gasteiger partial charge on any atom is 0.257 e. The smallest absolute Gasteiger partial charge is 0.257 e. The second-order valence-electron chi connectivity index (χ2n) is 8.06. The van der Waals surface area contributed by atoms with Crippen molar-refractivity contribution in [3.05, 3.63) is 53.9 Å². The third kappa shape index (κ3) is 3.40. The molecule has 0 radical (unpaired) electrons. The zero-order chi connectivity index (χ0) is 21.7. The van der Waals surface area contributed by atoms with Crippen LogP contribution in [0.15, 0.2) is 36.8 Å². The van der Waals surface area contributed by atoms with Crippen LogP contribution in [0.2, 0.25) is 0 Å². The number of fused-ring (bicyclic) bond motifs is 2. The van der Waals surface area contributed by atoms with Crippen LogP contribution in [-0.4, -0.2) is 51.3 Å². The highest BCUT2D eigenvalue weighted by molar-refractivity contribution is 6.13. The van der Waals surface area contributed by atoms with Crippen molar-refractivity contribution < 1.29 is 9.18 Å². The van der Waals surface area contributed by atoms with E-state index in [2.05, 4.69) is 25.6 Å². The Morgan fingerprint density at radius 2 is 2.10 bits per heavy atom. The van der Waals surface area contributed by atoms with Gasteiger partial charge in [0.2, 0.25) is 0 Å². The molecule has 1 amide bonds.